The maximum Gasteiger partial charge on any atom is 0.410 e. The molecule has 1 amide bonds. The molecule has 8 heteroatoms. The Bertz CT molecular complexity index is 664. The first-order valence-corrected chi connectivity index (χ1v) is 9.44. The van der Waals surface area contributed by atoms with Crippen molar-refractivity contribution in [3.8, 4) is 0 Å². The summed E-state index contributed by atoms with van der Waals surface area (Å²) in [6.45, 7) is 8.06. The first kappa shape index (κ1) is 24.5. The van der Waals surface area contributed by atoms with Crippen molar-refractivity contribution in [2.45, 2.75) is 45.8 Å². The average Bonchev–Trinajstić information content (AvgIpc) is 2.62. The molecule has 0 spiro atoms. The molecule has 1 aromatic carbocycles. The van der Waals surface area contributed by atoms with E-state index in [1.54, 1.807) is 24.1 Å². The van der Waals surface area contributed by atoms with Gasteiger partial charge in [0.15, 0.2) is 5.96 Å². The lowest BCUT2D eigenvalue weighted by molar-refractivity contribution is 0.0168. The van der Waals surface area contributed by atoms with Crippen LogP contribution in [0.2, 0.25) is 0 Å². The molecule has 0 bridgehead atoms. The second-order valence-electron chi connectivity index (χ2n) is 7.83. The van der Waals surface area contributed by atoms with Crippen LogP contribution in [0.5, 0.6) is 0 Å². The number of benzene rings is 1. The summed E-state index contributed by atoms with van der Waals surface area (Å²) in [4.78, 5) is 18.2. The number of guanidine groups is 1. The molecule has 0 radical (unpaired) electrons. The first-order valence-electron chi connectivity index (χ1n) is 9.44. The summed E-state index contributed by atoms with van der Waals surface area (Å²) in [5, 5.41) is 6.40. The Balaban J connectivity index is 0.00000392. The van der Waals surface area contributed by atoms with Crippen LogP contribution in [0.3, 0.4) is 0 Å². The number of nitrogens with zero attached hydrogens (tertiary/aromatic N) is 2. The molecule has 1 aliphatic rings. The van der Waals surface area contributed by atoms with Gasteiger partial charge in [-0.05, 0) is 45.6 Å². The Hall–Kier alpha value is -1.58. The molecule has 6 nitrogen and oxygen atoms in total. The SMILES string of the molecule is CN=C(NCc1ccccc1F)NCC1CCCN(C(=O)OC(C)(C)C)C1.I. The Morgan fingerprint density at radius 1 is 1.32 bits per heavy atom. The van der Waals surface area contributed by atoms with Crippen molar-refractivity contribution in [3.63, 3.8) is 0 Å². The topological polar surface area (TPSA) is 66.0 Å². The van der Waals surface area contributed by atoms with Gasteiger partial charge >= 0.3 is 6.09 Å². The molecular weight excluding hydrogens is 474 g/mol. The maximum absolute atomic E-state index is 13.7. The normalized spacial score (nSPS) is 17.5. The minimum Gasteiger partial charge on any atom is -0.444 e. The van der Waals surface area contributed by atoms with E-state index in [0.29, 0.717) is 37.1 Å². The Labute approximate surface area is 184 Å². The molecule has 0 saturated carbocycles. The van der Waals surface area contributed by atoms with Gasteiger partial charge in [-0.25, -0.2) is 9.18 Å². The number of likely N-dealkylation sites (tertiary alicyclic amines) is 1. The zero-order valence-electron chi connectivity index (χ0n) is 17.1. The van der Waals surface area contributed by atoms with E-state index in [9.17, 15) is 9.18 Å². The van der Waals surface area contributed by atoms with Gasteiger partial charge in [0.2, 0.25) is 0 Å². The summed E-state index contributed by atoms with van der Waals surface area (Å²) >= 11 is 0. The monoisotopic (exact) mass is 506 g/mol. The van der Waals surface area contributed by atoms with E-state index in [4.69, 9.17) is 4.74 Å². The average molecular weight is 506 g/mol. The van der Waals surface area contributed by atoms with E-state index in [0.717, 1.165) is 19.4 Å². The van der Waals surface area contributed by atoms with Gasteiger partial charge in [0.25, 0.3) is 0 Å². The van der Waals surface area contributed by atoms with Crippen molar-refractivity contribution in [1.29, 1.82) is 0 Å². The number of aliphatic imine (C=N–C) groups is 1. The van der Waals surface area contributed by atoms with Crippen LogP contribution in [0.25, 0.3) is 0 Å². The number of carbonyl (C=O) groups is 1. The molecule has 1 aromatic rings. The summed E-state index contributed by atoms with van der Waals surface area (Å²) in [5.74, 6) is 0.701. The van der Waals surface area contributed by atoms with Gasteiger partial charge in [0.05, 0.1) is 0 Å². The molecule has 0 aromatic heterocycles. The lowest BCUT2D eigenvalue weighted by Gasteiger charge is -2.34. The van der Waals surface area contributed by atoms with Crippen molar-refractivity contribution in [2.24, 2.45) is 10.9 Å². The summed E-state index contributed by atoms with van der Waals surface area (Å²) in [7, 11) is 1.69. The van der Waals surface area contributed by atoms with Gasteiger partial charge in [0, 0.05) is 38.8 Å². The summed E-state index contributed by atoms with van der Waals surface area (Å²) in [6.07, 6.45) is 1.73. The third kappa shape index (κ3) is 8.20. The first-order chi connectivity index (χ1) is 12.8. The number of rotatable bonds is 4. The van der Waals surface area contributed by atoms with E-state index in [1.807, 2.05) is 26.8 Å². The van der Waals surface area contributed by atoms with Crippen molar-refractivity contribution >= 4 is 36.0 Å². The fraction of sp³-hybridized carbons (Fsp3) is 0.600. The third-order valence-corrected chi connectivity index (χ3v) is 4.36. The van der Waals surface area contributed by atoms with Crippen molar-refractivity contribution in [1.82, 2.24) is 15.5 Å². The van der Waals surface area contributed by atoms with Gasteiger partial charge in [-0.3, -0.25) is 4.99 Å². The molecular formula is C20H32FIN4O2. The second kappa shape index (κ2) is 11.4. The number of hydrogen-bond donors (Lipinski definition) is 2. The Morgan fingerprint density at radius 3 is 2.68 bits per heavy atom. The van der Waals surface area contributed by atoms with Crippen molar-refractivity contribution in [3.05, 3.63) is 35.6 Å². The predicted molar refractivity (Wildman–Crippen MR) is 121 cm³/mol. The highest BCUT2D eigenvalue weighted by atomic mass is 127. The van der Waals surface area contributed by atoms with E-state index in [2.05, 4.69) is 15.6 Å². The van der Waals surface area contributed by atoms with Gasteiger partial charge in [-0.1, -0.05) is 18.2 Å². The highest BCUT2D eigenvalue weighted by Gasteiger charge is 2.27. The summed E-state index contributed by atoms with van der Waals surface area (Å²) < 4.78 is 19.2. The Kier molecular flexibility index (Phi) is 9.98. The number of halogens is 2. The minimum atomic E-state index is -0.485. The predicted octanol–water partition coefficient (Wildman–Crippen LogP) is 3.76. The number of nitrogens with one attached hydrogen (secondary N) is 2. The molecule has 2 N–H and O–H groups in total. The molecule has 2 rings (SSSR count). The molecule has 0 aliphatic carbocycles. The van der Waals surface area contributed by atoms with Gasteiger partial charge < -0.3 is 20.3 Å². The van der Waals surface area contributed by atoms with Crippen LogP contribution in [0, 0.1) is 11.7 Å². The van der Waals surface area contributed by atoms with Crippen LogP contribution in [0.15, 0.2) is 29.3 Å². The van der Waals surface area contributed by atoms with Gasteiger partial charge in [-0.15, -0.1) is 24.0 Å². The van der Waals surface area contributed by atoms with Crippen LogP contribution in [0.1, 0.15) is 39.2 Å². The number of ether oxygens (including phenoxy) is 1. The highest BCUT2D eigenvalue weighted by Crippen LogP contribution is 2.18. The third-order valence-electron chi connectivity index (χ3n) is 4.36. The summed E-state index contributed by atoms with van der Waals surface area (Å²) in [5.41, 5.74) is 0.107. The van der Waals surface area contributed by atoms with Crippen LogP contribution in [0.4, 0.5) is 9.18 Å². The molecule has 1 aliphatic heterocycles. The van der Waals surface area contributed by atoms with Crippen LogP contribution in [-0.2, 0) is 11.3 Å². The fourth-order valence-corrected chi connectivity index (χ4v) is 3.01. The van der Waals surface area contributed by atoms with Crippen molar-refractivity contribution < 1.29 is 13.9 Å². The highest BCUT2D eigenvalue weighted by molar-refractivity contribution is 14.0. The molecule has 158 valence electrons. The number of piperidine rings is 1. The molecule has 28 heavy (non-hydrogen) atoms. The van der Waals surface area contributed by atoms with Crippen molar-refractivity contribution in [2.75, 3.05) is 26.7 Å². The summed E-state index contributed by atoms with van der Waals surface area (Å²) in [6, 6.07) is 6.67. The maximum atomic E-state index is 13.7. The van der Waals surface area contributed by atoms with Crippen LogP contribution >= 0.6 is 24.0 Å². The lowest BCUT2D eigenvalue weighted by atomic mass is 9.98. The smallest absolute Gasteiger partial charge is 0.410 e. The molecule has 1 unspecified atom stereocenters. The van der Waals surface area contributed by atoms with Gasteiger partial charge in [-0.2, -0.15) is 0 Å². The van der Waals surface area contributed by atoms with Gasteiger partial charge in [0.1, 0.15) is 11.4 Å². The standard InChI is InChI=1S/C20H31FN4O2.HI/c1-20(2,3)27-19(26)25-11-7-8-15(14-25)12-23-18(22-4)24-13-16-9-5-6-10-17(16)21;/h5-6,9-10,15H,7-8,11-14H2,1-4H3,(H2,22,23,24);1H. The minimum absolute atomic E-state index is 0. The van der Waals surface area contributed by atoms with Crippen LogP contribution < -0.4 is 10.6 Å². The fourth-order valence-electron chi connectivity index (χ4n) is 3.01. The molecule has 1 saturated heterocycles. The van der Waals surface area contributed by atoms with E-state index >= 15 is 0 Å². The number of hydrogen-bond acceptors (Lipinski definition) is 3. The number of amides is 1. The Morgan fingerprint density at radius 2 is 2.04 bits per heavy atom. The van der Waals surface area contributed by atoms with E-state index < -0.39 is 5.60 Å². The zero-order chi connectivity index (χ0) is 19.9. The van der Waals surface area contributed by atoms with E-state index in [1.165, 1.54) is 6.07 Å². The number of carbonyl (C=O) groups excluding carboxylic acids is 1. The molecule has 1 heterocycles. The quantitative estimate of drug-likeness (QED) is 0.371. The lowest BCUT2D eigenvalue weighted by Crippen LogP contribution is -2.47. The zero-order valence-corrected chi connectivity index (χ0v) is 19.5. The van der Waals surface area contributed by atoms with E-state index in [-0.39, 0.29) is 35.9 Å². The molecule has 1 fully saturated rings. The van der Waals surface area contributed by atoms with Crippen LogP contribution in [-0.4, -0.2) is 49.2 Å². The molecule has 1 atom stereocenters. The largest absolute Gasteiger partial charge is 0.444 e. The second-order valence-corrected chi connectivity index (χ2v) is 7.83.